The number of pyridine rings is 1. The number of nitrogens with zero attached hydrogens (tertiary/aromatic N) is 3. The molecule has 1 amide bonds. The first kappa shape index (κ1) is 16.5. The molecule has 4 heteroatoms. The van der Waals surface area contributed by atoms with Gasteiger partial charge in [-0.25, -0.2) is 4.98 Å². The zero-order valence-electron chi connectivity index (χ0n) is 14.5. The average molecular weight is 323 g/mol. The molecule has 0 spiro atoms. The predicted octanol–water partition coefficient (Wildman–Crippen LogP) is 4.06. The molecule has 0 unspecified atom stereocenters. The van der Waals surface area contributed by atoms with Crippen LogP contribution in [0.25, 0.3) is 5.82 Å². The summed E-state index contributed by atoms with van der Waals surface area (Å²) in [5.74, 6) is 0.958. The summed E-state index contributed by atoms with van der Waals surface area (Å²) in [6.45, 7) is 8.45. The number of rotatable bonds is 5. The molecule has 0 radical (unpaired) electrons. The number of aryl methyl sites for hydroxylation is 1. The molecule has 126 valence electrons. The number of hydrogen-bond donors (Lipinski definition) is 0. The smallest absolute Gasteiger partial charge is 0.256 e. The number of amides is 1. The molecule has 0 aromatic carbocycles. The lowest BCUT2D eigenvalue weighted by atomic mass is 10.1. The van der Waals surface area contributed by atoms with Gasteiger partial charge in [0.25, 0.3) is 5.91 Å². The molecular weight excluding hydrogens is 298 g/mol. The molecule has 1 fully saturated rings. The third kappa shape index (κ3) is 3.01. The fourth-order valence-electron chi connectivity index (χ4n) is 3.73. The predicted molar refractivity (Wildman–Crippen MR) is 96.5 cm³/mol. The molecule has 1 saturated carbocycles. The second-order valence-corrected chi connectivity index (χ2v) is 6.49. The summed E-state index contributed by atoms with van der Waals surface area (Å²) in [5, 5.41) is 0. The summed E-state index contributed by atoms with van der Waals surface area (Å²) in [4.78, 5) is 19.6. The van der Waals surface area contributed by atoms with E-state index in [1.807, 2.05) is 53.7 Å². The highest BCUT2D eigenvalue weighted by Crippen LogP contribution is 2.27. The minimum Gasteiger partial charge on any atom is -0.332 e. The lowest BCUT2D eigenvalue weighted by Gasteiger charge is -2.28. The fraction of sp³-hybridized carbons (Fsp3) is 0.400. The SMILES string of the molecule is C=CCN(C(=O)c1cc(C)n(-c2ccccn2)c1C)C1CCCC1. The van der Waals surface area contributed by atoms with Crippen molar-refractivity contribution in [3.8, 4) is 5.82 Å². The quantitative estimate of drug-likeness (QED) is 0.778. The van der Waals surface area contributed by atoms with Crippen LogP contribution in [0.4, 0.5) is 0 Å². The van der Waals surface area contributed by atoms with Crippen LogP contribution < -0.4 is 0 Å². The molecule has 2 heterocycles. The van der Waals surface area contributed by atoms with Crippen LogP contribution in [0.5, 0.6) is 0 Å². The van der Waals surface area contributed by atoms with Crippen LogP contribution in [0.1, 0.15) is 47.4 Å². The second kappa shape index (κ2) is 7.04. The van der Waals surface area contributed by atoms with Crippen LogP contribution in [-0.2, 0) is 0 Å². The van der Waals surface area contributed by atoms with E-state index in [0.717, 1.165) is 35.6 Å². The first-order chi connectivity index (χ1) is 11.6. The highest BCUT2D eigenvalue weighted by atomic mass is 16.2. The van der Waals surface area contributed by atoms with Gasteiger partial charge in [0.05, 0.1) is 5.56 Å². The van der Waals surface area contributed by atoms with E-state index >= 15 is 0 Å². The lowest BCUT2D eigenvalue weighted by molar-refractivity contribution is 0.0706. The van der Waals surface area contributed by atoms with E-state index in [9.17, 15) is 4.79 Å². The Morgan fingerprint density at radius 2 is 2.12 bits per heavy atom. The second-order valence-electron chi connectivity index (χ2n) is 6.49. The molecule has 0 aliphatic heterocycles. The summed E-state index contributed by atoms with van der Waals surface area (Å²) in [6, 6.07) is 8.15. The van der Waals surface area contributed by atoms with E-state index in [1.54, 1.807) is 6.20 Å². The third-order valence-electron chi connectivity index (χ3n) is 4.89. The first-order valence-electron chi connectivity index (χ1n) is 8.65. The zero-order chi connectivity index (χ0) is 17.1. The number of hydrogen-bond acceptors (Lipinski definition) is 2. The van der Waals surface area contributed by atoms with Crippen LogP contribution in [-0.4, -0.2) is 32.9 Å². The third-order valence-corrected chi connectivity index (χ3v) is 4.89. The Bertz CT molecular complexity index is 727. The van der Waals surface area contributed by atoms with Gasteiger partial charge in [-0.3, -0.25) is 4.79 Å². The molecule has 3 rings (SSSR count). The monoisotopic (exact) mass is 323 g/mol. The van der Waals surface area contributed by atoms with E-state index in [4.69, 9.17) is 0 Å². The van der Waals surface area contributed by atoms with Gasteiger partial charge in [0.15, 0.2) is 0 Å². The van der Waals surface area contributed by atoms with Gasteiger partial charge in [-0.15, -0.1) is 6.58 Å². The van der Waals surface area contributed by atoms with E-state index in [0.29, 0.717) is 12.6 Å². The number of aromatic nitrogens is 2. The average Bonchev–Trinajstić information content (AvgIpc) is 3.21. The number of carbonyl (C=O) groups is 1. The fourth-order valence-corrected chi connectivity index (χ4v) is 3.73. The van der Waals surface area contributed by atoms with Crippen molar-refractivity contribution in [2.45, 2.75) is 45.6 Å². The Kier molecular flexibility index (Phi) is 4.84. The van der Waals surface area contributed by atoms with Crippen molar-refractivity contribution >= 4 is 5.91 Å². The molecular formula is C20H25N3O. The van der Waals surface area contributed by atoms with Crippen molar-refractivity contribution < 1.29 is 4.79 Å². The van der Waals surface area contributed by atoms with Crippen LogP contribution in [0.15, 0.2) is 43.1 Å². The van der Waals surface area contributed by atoms with E-state index < -0.39 is 0 Å². The van der Waals surface area contributed by atoms with Crippen LogP contribution >= 0.6 is 0 Å². The molecule has 24 heavy (non-hydrogen) atoms. The summed E-state index contributed by atoms with van der Waals surface area (Å²) < 4.78 is 2.05. The van der Waals surface area contributed by atoms with Gasteiger partial charge in [0.2, 0.25) is 0 Å². The molecule has 1 aliphatic carbocycles. The Hall–Kier alpha value is -2.36. The standard InChI is InChI=1S/C20H25N3O/c1-4-13-22(17-9-5-6-10-17)20(24)18-14-15(2)23(16(18)3)19-11-7-8-12-21-19/h4,7-8,11-12,14,17H,1,5-6,9-10,13H2,2-3H3. The summed E-state index contributed by atoms with van der Waals surface area (Å²) >= 11 is 0. The Morgan fingerprint density at radius 3 is 2.75 bits per heavy atom. The topological polar surface area (TPSA) is 38.1 Å². The summed E-state index contributed by atoms with van der Waals surface area (Å²) in [7, 11) is 0. The molecule has 0 bridgehead atoms. The van der Waals surface area contributed by atoms with Crippen molar-refractivity contribution in [2.24, 2.45) is 0 Å². The maximum atomic E-state index is 13.2. The van der Waals surface area contributed by atoms with Crippen LogP contribution in [0.2, 0.25) is 0 Å². The Balaban J connectivity index is 1.96. The summed E-state index contributed by atoms with van der Waals surface area (Å²) in [5.41, 5.74) is 2.75. The van der Waals surface area contributed by atoms with Gasteiger partial charge in [-0.05, 0) is 44.9 Å². The van der Waals surface area contributed by atoms with Crippen molar-refractivity contribution in [3.05, 3.63) is 60.1 Å². The maximum Gasteiger partial charge on any atom is 0.256 e. The van der Waals surface area contributed by atoms with Crippen molar-refractivity contribution in [3.63, 3.8) is 0 Å². The highest BCUT2D eigenvalue weighted by Gasteiger charge is 2.28. The van der Waals surface area contributed by atoms with Crippen LogP contribution in [0.3, 0.4) is 0 Å². The van der Waals surface area contributed by atoms with Gasteiger partial charge in [-0.1, -0.05) is 25.0 Å². The van der Waals surface area contributed by atoms with Crippen molar-refractivity contribution in [1.29, 1.82) is 0 Å². The molecule has 2 aromatic heterocycles. The Morgan fingerprint density at radius 1 is 1.38 bits per heavy atom. The van der Waals surface area contributed by atoms with Gasteiger partial charge in [0.1, 0.15) is 5.82 Å². The summed E-state index contributed by atoms with van der Waals surface area (Å²) in [6.07, 6.45) is 8.21. The van der Waals surface area contributed by atoms with Gasteiger partial charge >= 0.3 is 0 Å². The molecule has 0 N–H and O–H groups in total. The van der Waals surface area contributed by atoms with Gasteiger partial charge in [-0.2, -0.15) is 0 Å². The number of carbonyl (C=O) groups excluding carboxylic acids is 1. The van der Waals surface area contributed by atoms with Crippen LogP contribution in [0, 0.1) is 13.8 Å². The van der Waals surface area contributed by atoms with Crippen molar-refractivity contribution in [1.82, 2.24) is 14.5 Å². The normalized spacial score (nSPS) is 14.8. The first-order valence-corrected chi connectivity index (χ1v) is 8.65. The van der Waals surface area contributed by atoms with Crippen molar-refractivity contribution in [2.75, 3.05) is 6.54 Å². The zero-order valence-corrected chi connectivity index (χ0v) is 14.5. The molecule has 0 atom stereocenters. The minimum atomic E-state index is 0.108. The lowest BCUT2D eigenvalue weighted by Crippen LogP contribution is -2.39. The van der Waals surface area contributed by atoms with Gasteiger partial charge in [0, 0.05) is 30.2 Å². The van der Waals surface area contributed by atoms with E-state index in [-0.39, 0.29) is 5.91 Å². The maximum absolute atomic E-state index is 13.2. The molecule has 1 aliphatic rings. The largest absolute Gasteiger partial charge is 0.332 e. The molecule has 4 nitrogen and oxygen atoms in total. The van der Waals surface area contributed by atoms with Gasteiger partial charge < -0.3 is 9.47 Å². The molecule has 2 aromatic rings. The minimum absolute atomic E-state index is 0.108. The van der Waals surface area contributed by atoms with E-state index in [2.05, 4.69) is 11.6 Å². The van der Waals surface area contributed by atoms with E-state index in [1.165, 1.54) is 12.8 Å². The molecule has 0 saturated heterocycles. The highest BCUT2D eigenvalue weighted by molar-refractivity contribution is 5.96. The Labute approximate surface area is 143 Å².